The number of hydrogen-bond acceptors (Lipinski definition) is 1. The van der Waals surface area contributed by atoms with E-state index in [2.05, 4.69) is 10.3 Å². The van der Waals surface area contributed by atoms with E-state index in [4.69, 9.17) is 0 Å². The summed E-state index contributed by atoms with van der Waals surface area (Å²) in [6.07, 6.45) is 5.12. The third-order valence-electron chi connectivity index (χ3n) is 3.32. The largest absolute Gasteiger partial charge is 0.359 e. The number of hydrogen-bond donors (Lipinski definition) is 2. The van der Waals surface area contributed by atoms with E-state index in [1.807, 2.05) is 30.5 Å². The van der Waals surface area contributed by atoms with E-state index in [-0.39, 0.29) is 11.8 Å². The van der Waals surface area contributed by atoms with Gasteiger partial charge >= 0.3 is 0 Å². The van der Waals surface area contributed by atoms with Crippen LogP contribution in [-0.4, -0.2) is 10.9 Å². The van der Waals surface area contributed by atoms with Gasteiger partial charge in [0.2, 0.25) is 5.91 Å². The van der Waals surface area contributed by atoms with Gasteiger partial charge in [0, 0.05) is 23.0 Å². The van der Waals surface area contributed by atoms with E-state index in [1.54, 1.807) is 0 Å². The maximum atomic E-state index is 11.8. The van der Waals surface area contributed by atoms with Crippen LogP contribution in [0.5, 0.6) is 0 Å². The summed E-state index contributed by atoms with van der Waals surface area (Å²) in [5, 5.41) is 4.08. The highest BCUT2D eigenvalue weighted by Crippen LogP contribution is 2.29. The number of benzene rings is 1. The van der Waals surface area contributed by atoms with Crippen LogP contribution >= 0.6 is 0 Å². The maximum Gasteiger partial charge on any atom is 0.227 e. The molecular formula is C13H14N2O. The Morgan fingerprint density at radius 3 is 2.88 bits per heavy atom. The Balaban J connectivity index is 1.86. The average molecular weight is 214 g/mol. The molecule has 0 radical (unpaired) electrons. The predicted octanol–water partition coefficient (Wildman–Crippen LogP) is 2.91. The number of H-pyrrole nitrogens is 1. The zero-order chi connectivity index (χ0) is 11.0. The van der Waals surface area contributed by atoms with Crippen LogP contribution in [0, 0.1) is 5.92 Å². The van der Waals surface area contributed by atoms with Crippen molar-refractivity contribution in [1.82, 2.24) is 4.98 Å². The second-order valence-corrected chi connectivity index (χ2v) is 4.37. The molecule has 2 aromatic rings. The monoisotopic (exact) mass is 214 g/mol. The van der Waals surface area contributed by atoms with Crippen molar-refractivity contribution in [2.75, 3.05) is 5.32 Å². The SMILES string of the molecule is O=C(Nc1c[nH]c2ccccc12)C1CCC1. The number of fused-ring (bicyclic) bond motifs is 1. The number of anilines is 1. The van der Waals surface area contributed by atoms with Crippen LogP contribution in [-0.2, 0) is 4.79 Å². The van der Waals surface area contributed by atoms with Crippen molar-refractivity contribution < 1.29 is 4.79 Å². The number of para-hydroxylation sites is 1. The molecule has 1 aliphatic carbocycles. The average Bonchev–Trinajstić information content (AvgIpc) is 2.59. The molecule has 1 aliphatic rings. The van der Waals surface area contributed by atoms with Gasteiger partial charge in [0.1, 0.15) is 0 Å². The summed E-state index contributed by atoms with van der Waals surface area (Å²) in [6, 6.07) is 7.99. The van der Waals surface area contributed by atoms with Crippen molar-refractivity contribution in [2.45, 2.75) is 19.3 Å². The number of carbonyl (C=O) groups is 1. The molecule has 0 unspecified atom stereocenters. The van der Waals surface area contributed by atoms with E-state index in [1.165, 1.54) is 6.42 Å². The molecule has 3 rings (SSSR count). The first-order valence-electron chi connectivity index (χ1n) is 5.71. The topological polar surface area (TPSA) is 44.9 Å². The van der Waals surface area contributed by atoms with E-state index in [9.17, 15) is 4.79 Å². The standard InChI is InChI=1S/C13H14N2O/c16-13(9-4-3-5-9)15-12-8-14-11-7-2-1-6-10(11)12/h1-2,6-9,14H,3-5H2,(H,15,16). The van der Waals surface area contributed by atoms with Crippen LogP contribution in [0.25, 0.3) is 10.9 Å². The molecule has 0 aliphatic heterocycles. The lowest BCUT2D eigenvalue weighted by Crippen LogP contribution is -2.27. The van der Waals surface area contributed by atoms with Crippen molar-refractivity contribution in [3.8, 4) is 0 Å². The van der Waals surface area contributed by atoms with E-state index < -0.39 is 0 Å². The summed E-state index contributed by atoms with van der Waals surface area (Å²) in [6.45, 7) is 0. The minimum atomic E-state index is 0.163. The smallest absolute Gasteiger partial charge is 0.227 e. The molecule has 0 saturated heterocycles. The number of aromatic nitrogens is 1. The number of nitrogens with one attached hydrogen (secondary N) is 2. The van der Waals surface area contributed by atoms with Crippen molar-refractivity contribution in [1.29, 1.82) is 0 Å². The lowest BCUT2D eigenvalue weighted by Gasteiger charge is -2.23. The Morgan fingerprint density at radius 1 is 1.31 bits per heavy atom. The highest BCUT2D eigenvalue weighted by atomic mass is 16.1. The van der Waals surface area contributed by atoms with Gasteiger partial charge in [-0.2, -0.15) is 0 Å². The summed E-state index contributed by atoms with van der Waals surface area (Å²) in [7, 11) is 0. The Hall–Kier alpha value is -1.77. The van der Waals surface area contributed by atoms with Gasteiger partial charge in [-0.05, 0) is 18.9 Å². The predicted molar refractivity (Wildman–Crippen MR) is 64.3 cm³/mol. The number of rotatable bonds is 2. The molecule has 1 saturated carbocycles. The summed E-state index contributed by atoms with van der Waals surface area (Å²) >= 11 is 0. The molecule has 1 heterocycles. The normalized spacial score (nSPS) is 16.0. The Kier molecular flexibility index (Phi) is 2.17. The first kappa shape index (κ1) is 9.46. The third kappa shape index (κ3) is 1.48. The summed E-state index contributed by atoms with van der Waals surface area (Å²) in [5.74, 6) is 0.393. The van der Waals surface area contributed by atoms with Gasteiger partial charge in [0.25, 0.3) is 0 Å². The molecular weight excluding hydrogens is 200 g/mol. The molecule has 82 valence electrons. The van der Waals surface area contributed by atoms with Gasteiger partial charge in [-0.3, -0.25) is 4.79 Å². The molecule has 1 amide bonds. The first-order valence-corrected chi connectivity index (χ1v) is 5.71. The number of carbonyl (C=O) groups excluding carboxylic acids is 1. The van der Waals surface area contributed by atoms with Gasteiger partial charge in [-0.15, -0.1) is 0 Å². The fraction of sp³-hybridized carbons (Fsp3) is 0.308. The molecule has 0 atom stereocenters. The number of aromatic amines is 1. The van der Waals surface area contributed by atoms with Crippen molar-refractivity contribution >= 4 is 22.5 Å². The van der Waals surface area contributed by atoms with Crippen LogP contribution < -0.4 is 5.32 Å². The Morgan fingerprint density at radius 2 is 2.12 bits per heavy atom. The van der Waals surface area contributed by atoms with E-state index in [0.29, 0.717) is 0 Å². The minimum absolute atomic E-state index is 0.163. The number of amides is 1. The third-order valence-corrected chi connectivity index (χ3v) is 3.32. The fourth-order valence-electron chi connectivity index (χ4n) is 2.08. The van der Waals surface area contributed by atoms with Crippen LogP contribution in [0.15, 0.2) is 30.5 Å². The van der Waals surface area contributed by atoms with Crippen molar-refractivity contribution in [3.05, 3.63) is 30.5 Å². The van der Waals surface area contributed by atoms with Crippen LogP contribution in [0.2, 0.25) is 0 Å². The summed E-state index contributed by atoms with van der Waals surface area (Å²) in [4.78, 5) is 15.0. The van der Waals surface area contributed by atoms with Crippen molar-refractivity contribution in [3.63, 3.8) is 0 Å². The van der Waals surface area contributed by atoms with Crippen LogP contribution in [0.1, 0.15) is 19.3 Å². The molecule has 1 aromatic carbocycles. The Labute approximate surface area is 93.9 Å². The lowest BCUT2D eigenvalue weighted by atomic mass is 9.85. The fourth-order valence-corrected chi connectivity index (χ4v) is 2.08. The molecule has 1 aromatic heterocycles. The second-order valence-electron chi connectivity index (χ2n) is 4.37. The molecule has 16 heavy (non-hydrogen) atoms. The molecule has 3 heteroatoms. The molecule has 3 nitrogen and oxygen atoms in total. The van der Waals surface area contributed by atoms with Gasteiger partial charge in [0.15, 0.2) is 0 Å². The summed E-state index contributed by atoms with van der Waals surface area (Å²) in [5.41, 5.74) is 1.96. The lowest BCUT2D eigenvalue weighted by molar-refractivity contribution is -0.122. The van der Waals surface area contributed by atoms with Gasteiger partial charge < -0.3 is 10.3 Å². The molecule has 0 spiro atoms. The maximum absolute atomic E-state index is 11.8. The second kappa shape index (κ2) is 3.67. The van der Waals surface area contributed by atoms with Crippen LogP contribution in [0.3, 0.4) is 0 Å². The van der Waals surface area contributed by atoms with Gasteiger partial charge in [0.05, 0.1) is 5.69 Å². The van der Waals surface area contributed by atoms with Crippen molar-refractivity contribution in [2.24, 2.45) is 5.92 Å². The summed E-state index contributed by atoms with van der Waals surface area (Å²) < 4.78 is 0. The molecule has 0 bridgehead atoms. The molecule has 2 N–H and O–H groups in total. The highest BCUT2D eigenvalue weighted by molar-refractivity contribution is 6.02. The first-order chi connectivity index (χ1) is 7.84. The van der Waals surface area contributed by atoms with Crippen LogP contribution in [0.4, 0.5) is 5.69 Å². The van der Waals surface area contributed by atoms with E-state index in [0.717, 1.165) is 29.4 Å². The van der Waals surface area contributed by atoms with Gasteiger partial charge in [-0.25, -0.2) is 0 Å². The highest BCUT2D eigenvalue weighted by Gasteiger charge is 2.25. The van der Waals surface area contributed by atoms with E-state index >= 15 is 0 Å². The molecule has 1 fully saturated rings. The minimum Gasteiger partial charge on any atom is -0.359 e. The zero-order valence-corrected chi connectivity index (χ0v) is 8.99. The Bertz CT molecular complexity index is 525. The zero-order valence-electron chi connectivity index (χ0n) is 8.99. The quantitative estimate of drug-likeness (QED) is 0.793. The van der Waals surface area contributed by atoms with Gasteiger partial charge in [-0.1, -0.05) is 24.6 Å².